The topological polar surface area (TPSA) is 110 Å². The van der Waals surface area contributed by atoms with Crippen LogP contribution >= 0.6 is 11.8 Å². The number of carbonyl (C=O) groups is 2. The van der Waals surface area contributed by atoms with Gasteiger partial charge in [-0.2, -0.15) is 0 Å². The van der Waals surface area contributed by atoms with Crippen molar-refractivity contribution in [1.29, 1.82) is 0 Å². The number of nitrogens with one attached hydrogen (secondary N) is 1. The summed E-state index contributed by atoms with van der Waals surface area (Å²) in [5.41, 5.74) is 0. The molecule has 2 rings (SSSR count). The van der Waals surface area contributed by atoms with Crippen molar-refractivity contribution in [3.8, 4) is 0 Å². The van der Waals surface area contributed by atoms with Crippen LogP contribution in [0.3, 0.4) is 0 Å². The van der Waals surface area contributed by atoms with Crippen LogP contribution in [0.15, 0.2) is 5.16 Å². The first-order valence-corrected chi connectivity index (χ1v) is 7.04. The zero-order valence-electron chi connectivity index (χ0n) is 10.3. The highest BCUT2D eigenvalue weighted by Crippen LogP contribution is 2.19. The Morgan fingerprint density at radius 2 is 2.26 bits per heavy atom. The molecule has 19 heavy (non-hydrogen) atoms. The standard InChI is InChI=1S/C10H15N5O3S/c16-8(11-7-3-4-7)2-1-5-15-10(12-13-14-15)19-6-9(17)18/h7H,1-6H2,(H,11,16)(H,17,18). The molecule has 1 aliphatic rings. The van der Waals surface area contributed by atoms with Crippen LogP contribution in [0.5, 0.6) is 0 Å². The van der Waals surface area contributed by atoms with Gasteiger partial charge in [-0.1, -0.05) is 11.8 Å². The second-order valence-corrected chi connectivity index (χ2v) is 5.25. The molecule has 1 fully saturated rings. The van der Waals surface area contributed by atoms with Crippen molar-refractivity contribution in [2.75, 3.05) is 5.75 Å². The van der Waals surface area contributed by atoms with Crippen molar-refractivity contribution in [2.24, 2.45) is 0 Å². The number of aromatic nitrogens is 4. The summed E-state index contributed by atoms with van der Waals surface area (Å²) < 4.78 is 1.53. The third kappa shape index (κ3) is 4.86. The first-order valence-electron chi connectivity index (χ1n) is 6.05. The number of thioether (sulfide) groups is 1. The Morgan fingerprint density at radius 1 is 1.47 bits per heavy atom. The lowest BCUT2D eigenvalue weighted by atomic mass is 10.3. The Balaban J connectivity index is 1.71. The number of rotatable bonds is 8. The van der Waals surface area contributed by atoms with Crippen LogP contribution in [0.25, 0.3) is 0 Å². The molecule has 0 unspecified atom stereocenters. The second kappa shape index (κ2) is 6.50. The van der Waals surface area contributed by atoms with Crippen molar-refractivity contribution in [3.05, 3.63) is 0 Å². The molecule has 0 aliphatic heterocycles. The Hall–Kier alpha value is -1.64. The fourth-order valence-electron chi connectivity index (χ4n) is 1.48. The number of tetrazole rings is 1. The summed E-state index contributed by atoms with van der Waals surface area (Å²) >= 11 is 1.07. The number of aryl methyl sites for hydroxylation is 1. The van der Waals surface area contributed by atoms with Crippen LogP contribution in [-0.4, -0.2) is 49.0 Å². The summed E-state index contributed by atoms with van der Waals surface area (Å²) in [4.78, 5) is 21.9. The summed E-state index contributed by atoms with van der Waals surface area (Å²) in [6.45, 7) is 0.507. The first-order chi connectivity index (χ1) is 9.15. The third-order valence-electron chi connectivity index (χ3n) is 2.54. The van der Waals surface area contributed by atoms with Crippen molar-refractivity contribution in [2.45, 2.75) is 43.4 Å². The van der Waals surface area contributed by atoms with Gasteiger partial charge in [-0.15, -0.1) is 5.10 Å². The number of hydrogen-bond donors (Lipinski definition) is 2. The molecule has 0 atom stereocenters. The molecule has 0 bridgehead atoms. The van der Waals surface area contributed by atoms with E-state index < -0.39 is 5.97 Å². The van der Waals surface area contributed by atoms with E-state index in [2.05, 4.69) is 20.8 Å². The average molecular weight is 285 g/mol. The van der Waals surface area contributed by atoms with E-state index in [-0.39, 0.29) is 11.7 Å². The minimum atomic E-state index is -0.914. The Morgan fingerprint density at radius 3 is 2.95 bits per heavy atom. The van der Waals surface area contributed by atoms with Crippen molar-refractivity contribution >= 4 is 23.6 Å². The SMILES string of the molecule is O=C(O)CSc1nnnn1CCCC(=O)NC1CC1. The van der Waals surface area contributed by atoms with Crippen LogP contribution < -0.4 is 5.32 Å². The van der Waals surface area contributed by atoms with Gasteiger partial charge in [-0.05, 0) is 29.7 Å². The smallest absolute Gasteiger partial charge is 0.313 e. The van der Waals surface area contributed by atoms with Gasteiger partial charge in [-0.25, -0.2) is 4.68 Å². The van der Waals surface area contributed by atoms with E-state index in [9.17, 15) is 9.59 Å². The number of amides is 1. The molecule has 0 saturated heterocycles. The third-order valence-corrected chi connectivity index (χ3v) is 3.48. The van der Waals surface area contributed by atoms with Crippen LogP contribution in [-0.2, 0) is 16.1 Å². The summed E-state index contributed by atoms with van der Waals surface area (Å²) in [6, 6.07) is 0.377. The molecule has 0 aromatic carbocycles. The van der Waals surface area contributed by atoms with E-state index >= 15 is 0 Å². The van der Waals surface area contributed by atoms with Gasteiger partial charge >= 0.3 is 5.97 Å². The molecule has 1 aromatic heterocycles. The van der Waals surface area contributed by atoms with Gasteiger partial charge in [0.05, 0.1) is 5.75 Å². The van der Waals surface area contributed by atoms with Gasteiger partial charge in [0.25, 0.3) is 0 Å². The predicted octanol–water partition coefficient (Wildman–Crippen LogP) is -0.0914. The molecular formula is C10H15N5O3S. The monoisotopic (exact) mass is 285 g/mol. The lowest BCUT2D eigenvalue weighted by Crippen LogP contribution is -2.25. The maximum absolute atomic E-state index is 11.5. The van der Waals surface area contributed by atoms with Gasteiger partial charge in [0.1, 0.15) is 0 Å². The van der Waals surface area contributed by atoms with E-state index in [1.165, 1.54) is 4.68 Å². The second-order valence-electron chi connectivity index (χ2n) is 4.31. The van der Waals surface area contributed by atoms with Gasteiger partial charge in [0.2, 0.25) is 11.1 Å². The molecule has 0 spiro atoms. The van der Waals surface area contributed by atoms with Crippen molar-refractivity contribution in [1.82, 2.24) is 25.5 Å². The van der Waals surface area contributed by atoms with Crippen LogP contribution in [0.1, 0.15) is 25.7 Å². The Kier molecular flexibility index (Phi) is 4.72. The minimum absolute atomic E-state index is 0.0512. The quantitative estimate of drug-likeness (QED) is 0.642. The zero-order valence-corrected chi connectivity index (χ0v) is 11.1. The van der Waals surface area contributed by atoms with Gasteiger partial charge in [0, 0.05) is 19.0 Å². The van der Waals surface area contributed by atoms with Gasteiger partial charge in [0.15, 0.2) is 0 Å². The van der Waals surface area contributed by atoms with Crippen LogP contribution in [0, 0.1) is 0 Å². The Labute approximate surface area is 113 Å². The van der Waals surface area contributed by atoms with Crippen LogP contribution in [0.2, 0.25) is 0 Å². The van der Waals surface area contributed by atoms with Crippen molar-refractivity contribution < 1.29 is 14.7 Å². The number of hydrogen-bond acceptors (Lipinski definition) is 6. The molecule has 1 amide bonds. The molecule has 2 N–H and O–H groups in total. The molecule has 8 nitrogen and oxygen atoms in total. The fraction of sp³-hybridized carbons (Fsp3) is 0.700. The summed E-state index contributed by atoms with van der Waals surface area (Å²) in [5.74, 6) is -0.943. The highest BCUT2D eigenvalue weighted by molar-refractivity contribution is 7.99. The van der Waals surface area contributed by atoms with Crippen LogP contribution in [0.4, 0.5) is 0 Å². The summed E-state index contributed by atoms with van der Waals surface area (Å²) in [7, 11) is 0. The largest absolute Gasteiger partial charge is 0.481 e. The van der Waals surface area contributed by atoms with E-state index in [4.69, 9.17) is 5.11 Å². The lowest BCUT2D eigenvalue weighted by Gasteiger charge is -2.04. The van der Waals surface area contributed by atoms with E-state index in [0.29, 0.717) is 30.6 Å². The minimum Gasteiger partial charge on any atom is -0.481 e. The number of carboxylic acids is 1. The summed E-state index contributed by atoms with van der Waals surface area (Å²) in [5, 5.41) is 23.0. The molecule has 1 heterocycles. The zero-order chi connectivity index (χ0) is 13.7. The lowest BCUT2D eigenvalue weighted by molar-refractivity contribution is -0.134. The number of nitrogens with zero attached hydrogens (tertiary/aromatic N) is 4. The number of carboxylic acid groups (broad SMARTS) is 1. The molecule has 9 heteroatoms. The molecule has 1 aromatic rings. The fourth-order valence-corrected chi connectivity index (χ4v) is 2.11. The Bertz CT molecular complexity index is 460. The predicted molar refractivity (Wildman–Crippen MR) is 66.6 cm³/mol. The van der Waals surface area contributed by atoms with Crippen molar-refractivity contribution in [3.63, 3.8) is 0 Å². The average Bonchev–Trinajstić information content (AvgIpc) is 3.05. The molecule has 1 aliphatic carbocycles. The normalized spacial score (nSPS) is 14.3. The van der Waals surface area contributed by atoms with E-state index in [1.807, 2.05) is 0 Å². The molecule has 104 valence electrons. The highest BCUT2D eigenvalue weighted by Gasteiger charge is 2.22. The van der Waals surface area contributed by atoms with Gasteiger partial charge < -0.3 is 10.4 Å². The maximum Gasteiger partial charge on any atom is 0.313 e. The molecule has 1 saturated carbocycles. The highest BCUT2D eigenvalue weighted by atomic mass is 32.2. The number of carbonyl (C=O) groups excluding carboxylic acids is 1. The van der Waals surface area contributed by atoms with E-state index in [1.54, 1.807) is 0 Å². The summed E-state index contributed by atoms with van der Waals surface area (Å²) in [6.07, 6.45) is 3.22. The van der Waals surface area contributed by atoms with E-state index in [0.717, 1.165) is 24.6 Å². The molecule has 0 radical (unpaired) electrons. The maximum atomic E-state index is 11.5. The number of aliphatic carboxylic acids is 1. The van der Waals surface area contributed by atoms with Gasteiger partial charge in [-0.3, -0.25) is 9.59 Å². The first kappa shape index (κ1) is 13.8. The molecular weight excluding hydrogens is 270 g/mol.